The van der Waals surface area contributed by atoms with Gasteiger partial charge in [-0.15, -0.1) is 0 Å². The number of thioether (sulfide) groups is 1. The molecule has 0 aromatic heterocycles. The number of hydrogen-bond donors (Lipinski definition) is 2. The summed E-state index contributed by atoms with van der Waals surface area (Å²) in [7, 11) is -2.88. The molecule has 12 heteroatoms. The lowest BCUT2D eigenvalue weighted by Crippen LogP contribution is -2.47. The molecule has 1 saturated heterocycles. The molecule has 0 unspecified atom stereocenters. The van der Waals surface area contributed by atoms with E-state index in [1.807, 2.05) is 0 Å². The SMILES string of the molecule is C=CCOC(=O)N1C[C@H](S(=O)(=O)NC)[C@](N=C(N)SC)(c2ccc(F)cc2F)C1. The minimum atomic E-state index is -4.07. The van der Waals surface area contributed by atoms with Crippen LogP contribution in [0.2, 0.25) is 0 Å². The van der Waals surface area contributed by atoms with Gasteiger partial charge >= 0.3 is 6.09 Å². The Labute approximate surface area is 172 Å². The Bertz CT molecular complexity index is 926. The number of amidine groups is 1. The van der Waals surface area contributed by atoms with Crippen LogP contribution in [0, 0.1) is 11.6 Å². The Morgan fingerprint density at radius 3 is 2.79 bits per heavy atom. The highest BCUT2D eigenvalue weighted by atomic mass is 32.2. The minimum absolute atomic E-state index is 0.0219. The predicted octanol–water partition coefficient (Wildman–Crippen LogP) is 1.39. The smallest absolute Gasteiger partial charge is 0.410 e. The fourth-order valence-corrected chi connectivity index (χ4v) is 4.86. The number of aliphatic imine (C=N–C) groups is 1. The Morgan fingerprint density at radius 2 is 2.24 bits per heavy atom. The first-order chi connectivity index (χ1) is 13.6. The molecular weight excluding hydrogens is 426 g/mol. The van der Waals surface area contributed by atoms with E-state index >= 15 is 0 Å². The lowest BCUT2D eigenvalue weighted by atomic mass is 9.88. The molecule has 1 aromatic carbocycles. The van der Waals surface area contributed by atoms with Crippen LogP contribution in [-0.2, 0) is 20.3 Å². The van der Waals surface area contributed by atoms with Gasteiger partial charge in [-0.25, -0.2) is 31.7 Å². The summed E-state index contributed by atoms with van der Waals surface area (Å²) >= 11 is 1.03. The summed E-state index contributed by atoms with van der Waals surface area (Å²) in [6.45, 7) is 2.69. The second-order valence-corrected chi connectivity index (χ2v) is 9.08. The molecule has 29 heavy (non-hydrogen) atoms. The van der Waals surface area contributed by atoms with E-state index in [0.29, 0.717) is 6.07 Å². The Morgan fingerprint density at radius 1 is 1.55 bits per heavy atom. The number of amides is 1. The molecule has 2 atom stereocenters. The molecule has 1 aromatic rings. The summed E-state index contributed by atoms with van der Waals surface area (Å²) in [6, 6.07) is 2.73. The third-order valence-electron chi connectivity index (χ3n) is 4.51. The van der Waals surface area contributed by atoms with Gasteiger partial charge in [-0.1, -0.05) is 30.5 Å². The van der Waals surface area contributed by atoms with Crippen LogP contribution in [-0.4, -0.2) is 62.8 Å². The Balaban J connectivity index is 2.72. The molecule has 0 saturated carbocycles. The maximum Gasteiger partial charge on any atom is 0.410 e. The number of sulfonamides is 1. The van der Waals surface area contributed by atoms with Gasteiger partial charge in [-0.05, 0) is 19.4 Å². The van der Waals surface area contributed by atoms with E-state index in [4.69, 9.17) is 10.5 Å². The van der Waals surface area contributed by atoms with Crippen LogP contribution < -0.4 is 10.5 Å². The standard InChI is InChI=1S/C17H22F2N4O4S2/c1-4-7-27-16(24)23-9-14(29(25,26)21-2)17(10-23,22-15(20)28-3)12-6-5-11(18)8-13(12)19/h4-6,8,14,21H,1,7,9-10H2,2-3H3,(H2,20,22)/t14-,17+/m0/s1. The van der Waals surface area contributed by atoms with Gasteiger partial charge in [0.2, 0.25) is 10.0 Å². The molecule has 2 rings (SSSR count). The molecule has 1 amide bonds. The van der Waals surface area contributed by atoms with Crippen LogP contribution in [0.5, 0.6) is 0 Å². The molecule has 1 aliphatic heterocycles. The zero-order valence-electron chi connectivity index (χ0n) is 15.9. The largest absolute Gasteiger partial charge is 0.445 e. The van der Waals surface area contributed by atoms with Crippen molar-refractivity contribution < 1.29 is 26.7 Å². The van der Waals surface area contributed by atoms with Crippen molar-refractivity contribution >= 4 is 33.0 Å². The van der Waals surface area contributed by atoms with Crippen molar-refractivity contribution in [2.24, 2.45) is 10.7 Å². The molecule has 0 aliphatic carbocycles. The fourth-order valence-electron chi connectivity index (χ4n) is 3.18. The zero-order valence-corrected chi connectivity index (χ0v) is 17.5. The van der Waals surface area contributed by atoms with E-state index in [0.717, 1.165) is 28.8 Å². The topological polar surface area (TPSA) is 114 Å². The normalized spacial score (nSPS) is 22.6. The van der Waals surface area contributed by atoms with Crippen LogP contribution in [0.1, 0.15) is 5.56 Å². The van der Waals surface area contributed by atoms with Gasteiger partial charge in [0.15, 0.2) is 5.17 Å². The molecule has 160 valence electrons. The van der Waals surface area contributed by atoms with Crippen LogP contribution in [0.3, 0.4) is 0 Å². The van der Waals surface area contributed by atoms with E-state index in [-0.39, 0.29) is 30.4 Å². The first-order valence-electron chi connectivity index (χ1n) is 8.41. The van der Waals surface area contributed by atoms with E-state index < -0.39 is 38.5 Å². The van der Waals surface area contributed by atoms with Crippen LogP contribution in [0.15, 0.2) is 35.8 Å². The zero-order chi connectivity index (χ0) is 21.8. The molecule has 3 N–H and O–H groups in total. The van der Waals surface area contributed by atoms with Crippen molar-refractivity contribution in [1.29, 1.82) is 0 Å². The van der Waals surface area contributed by atoms with Gasteiger partial charge in [0, 0.05) is 18.2 Å². The van der Waals surface area contributed by atoms with Gasteiger partial charge in [-0.2, -0.15) is 0 Å². The van der Waals surface area contributed by atoms with Crippen LogP contribution >= 0.6 is 11.8 Å². The highest BCUT2D eigenvalue weighted by Gasteiger charge is 2.56. The average Bonchev–Trinajstić information content (AvgIpc) is 3.06. The molecular formula is C17H22F2N4O4S2. The molecule has 0 radical (unpaired) electrons. The molecule has 1 aliphatic rings. The highest BCUT2D eigenvalue weighted by molar-refractivity contribution is 8.13. The van der Waals surface area contributed by atoms with Crippen molar-refractivity contribution in [3.05, 3.63) is 48.1 Å². The maximum absolute atomic E-state index is 14.8. The summed E-state index contributed by atoms with van der Waals surface area (Å²) in [6.07, 6.45) is 2.15. The van der Waals surface area contributed by atoms with Crippen molar-refractivity contribution in [3.63, 3.8) is 0 Å². The van der Waals surface area contributed by atoms with Crippen molar-refractivity contribution in [2.45, 2.75) is 10.8 Å². The van der Waals surface area contributed by atoms with Crippen LogP contribution in [0.4, 0.5) is 13.6 Å². The second-order valence-electron chi connectivity index (χ2n) is 6.19. The second kappa shape index (κ2) is 9.09. The van der Waals surface area contributed by atoms with Crippen LogP contribution in [0.25, 0.3) is 0 Å². The number of ether oxygens (including phenoxy) is 1. The lowest BCUT2D eigenvalue weighted by Gasteiger charge is -2.31. The summed E-state index contributed by atoms with van der Waals surface area (Å²) in [5, 5.41) is -1.42. The van der Waals surface area contributed by atoms with E-state index in [9.17, 15) is 22.0 Å². The first kappa shape index (κ1) is 23.1. The monoisotopic (exact) mass is 448 g/mol. The van der Waals surface area contributed by atoms with Gasteiger partial charge in [-0.3, -0.25) is 0 Å². The average molecular weight is 449 g/mol. The van der Waals surface area contributed by atoms with Gasteiger partial charge in [0.05, 0.1) is 6.54 Å². The number of nitrogens with zero attached hydrogens (tertiary/aromatic N) is 2. The number of benzene rings is 1. The number of carbonyl (C=O) groups is 1. The number of nitrogens with one attached hydrogen (secondary N) is 1. The number of likely N-dealkylation sites (tertiary alicyclic amines) is 1. The highest BCUT2D eigenvalue weighted by Crippen LogP contribution is 2.42. The quantitative estimate of drug-likeness (QED) is 0.386. The fraction of sp³-hybridized carbons (Fsp3) is 0.412. The first-order valence-corrected chi connectivity index (χ1v) is 11.2. The molecule has 0 bridgehead atoms. The Hall–Kier alpha value is -2.18. The number of halogens is 2. The van der Waals surface area contributed by atoms with E-state index in [1.54, 1.807) is 6.26 Å². The summed E-state index contributed by atoms with van der Waals surface area (Å²) in [4.78, 5) is 17.8. The van der Waals surface area contributed by atoms with Crippen molar-refractivity contribution in [1.82, 2.24) is 9.62 Å². The van der Waals surface area contributed by atoms with Gasteiger partial charge in [0.25, 0.3) is 0 Å². The van der Waals surface area contributed by atoms with E-state index in [1.165, 1.54) is 13.1 Å². The summed E-state index contributed by atoms with van der Waals surface area (Å²) in [5.74, 6) is -1.84. The number of carbonyl (C=O) groups excluding carboxylic acids is 1. The lowest BCUT2D eigenvalue weighted by molar-refractivity contribution is 0.119. The van der Waals surface area contributed by atoms with Gasteiger partial charge < -0.3 is 15.4 Å². The Kier molecular flexibility index (Phi) is 7.25. The third-order valence-corrected chi connectivity index (χ3v) is 6.88. The molecule has 1 heterocycles. The third kappa shape index (κ3) is 4.70. The van der Waals surface area contributed by atoms with Gasteiger partial charge in [0.1, 0.15) is 29.0 Å². The predicted molar refractivity (Wildman–Crippen MR) is 108 cm³/mol. The molecule has 0 spiro atoms. The number of rotatable bonds is 6. The number of hydrogen-bond acceptors (Lipinski definition) is 6. The van der Waals surface area contributed by atoms with Crippen molar-refractivity contribution in [2.75, 3.05) is 33.0 Å². The summed E-state index contributed by atoms with van der Waals surface area (Å²) in [5.41, 5.74) is 3.86. The minimum Gasteiger partial charge on any atom is -0.445 e. The van der Waals surface area contributed by atoms with Crippen molar-refractivity contribution in [3.8, 4) is 0 Å². The molecule has 1 fully saturated rings. The summed E-state index contributed by atoms with van der Waals surface area (Å²) < 4.78 is 61.1. The number of nitrogens with two attached hydrogens (primary N) is 1. The van der Waals surface area contributed by atoms with E-state index in [2.05, 4.69) is 16.3 Å². The molecule has 8 nitrogen and oxygen atoms in total. The maximum atomic E-state index is 14.8.